The van der Waals surface area contributed by atoms with Crippen LogP contribution in [0, 0.1) is 5.41 Å². The fraction of sp³-hybridized carbons (Fsp3) is 0.0500. The third-order valence-electron chi connectivity index (χ3n) is 3.44. The second-order valence-corrected chi connectivity index (χ2v) is 5.49. The third-order valence-corrected chi connectivity index (χ3v) is 3.44. The fourth-order valence-corrected chi connectivity index (χ4v) is 2.12. The Bertz CT molecular complexity index is 932. The molecule has 144 valence electrons. The van der Waals surface area contributed by atoms with Crippen LogP contribution in [-0.4, -0.2) is 17.2 Å². The van der Waals surface area contributed by atoms with Crippen molar-refractivity contribution >= 4 is 28.6 Å². The van der Waals surface area contributed by atoms with Crippen LogP contribution in [0.5, 0.6) is 0 Å². The van der Waals surface area contributed by atoms with E-state index in [0.717, 1.165) is 24.4 Å². The lowest BCUT2D eigenvalue weighted by Crippen LogP contribution is -2.20. The van der Waals surface area contributed by atoms with E-state index < -0.39 is 23.2 Å². The quantitative estimate of drug-likeness (QED) is 0.484. The number of aliphatic imine (C=N–C) groups is 1. The van der Waals surface area contributed by atoms with Crippen LogP contribution in [0.1, 0.15) is 5.56 Å². The van der Waals surface area contributed by atoms with E-state index in [0.29, 0.717) is 5.69 Å². The Morgan fingerprint density at radius 2 is 1.79 bits per heavy atom. The average Bonchev–Trinajstić information content (AvgIpc) is 2.67. The van der Waals surface area contributed by atoms with Crippen LogP contribution in [0.4, 0.5) is 24.5 Å². The van der Waals surface area contributed by atoms with Crippen molar-refractivity contribution in [2.75, 3.05) is 5.32 Å². The Balaban J connectivity index is 2.10. The summed E-state index contributed by atoms with van der Waals surface area (Å²) in [6.45, 7) is 0. The number of hydrogen-bond acceptors (Lipinski definition) is 5. The van der Waals surface area contributed by atoms with Gasteiger partial charge in [0.2, 0.25) is 5.78 Å². The van der Waals surface area contributed by atoms with Crippen LogP contribution in [0.3, 0.4) is 0 Å². The van der Waals surface area contributed by atoms with Gasteiger partial charge in [0.1, 0.15) is 5.71 Å². The molecule has 0 radical (unpaired) electrons. The zero-order valence-electron chi connectivity index (χ0n) is 14.6. The average molecular weight is 386 g/mol. The molecule has 0 unspecified atom stereocenters. The highest BCUT2D eigenvalue weighted by Crippen LogP contribution is 2.30. The van der Waals surface area contributed by atoms with Gasteiger partial charge in [-0.2, -0.15) is 13.2 Å². The Morgan fingerprint density at radius 1 is 1.07 bits per heavy atom. The van der Waals surface area contributed by atoms with Gasteiger partial charge in [-0.25, -0.2) is 4.99 Å². The topological polar surface area (TPSA) is 91.3 Å². The maximum Gasteiger partial charge on any atom is 0.416 e. The fourth-order valence-electron chi connectivity index (χ4n) is 2.12. The van der Waals surface area contributed by atoms with Crippen LogP contribution >= 0.6 is 0 Å². The molecule has 2 aromatic rings. The van der Waals surface area contributed by atoms with Crippen LogP contribution in [0.15, 0.2) is 84.1 Å². The van der Waals surface area contributed by atoms with E-state index in [-0.39, 0.29) is 11.4 Å². The molecule has 0 saturated carbocycles. The Kier molecular flexibility index (Phi) is 6.86. The largest absolute Gasteiger partial charge is 0.416 e. The molecule has 0 heterocycles. The molecular formula is C20H17F3N4O. The number of ketones is 1. The van der Waals surface area contributed by atoms with Crippen molar-refractivity contribution in [2.24, 2.45) is 10.7 Å². The predicted octanol–water partition coefficient (Wildman–Crippen LogP) is 4.46. The minimum atomic E-state index is -4.46. The van der Waals surface area contributed by atoms with Gasteiger partial charge in [-0.05, 0) is 42.6 Å². The summed E-state index contributed by atoms with van der Waals surface area (Å²) >= 11 is 0. The molecule has 0 spiro atoms. The minimum Gasteiger partial charge on any atom is -0.405 e. The van der Waals surface area contributed by atoms with Crippen molar-refractivity contribution in [1.29, 1.82) is 5.41 Å². The molecule has 5 nitrogen and oxygen atoms in total. The van der Waals surface area contributed by atoms with Gasteiger partial charge in [0.25, 0.3) is 0 Å². The number of nitrogens with two attached hydrogens (primary N) is 1. The number of para-hydroxylation sites is 1. The normalized spacial score (nSPS) is 12.5. The minimum absolute atomic E-state index is 0.0578. The van der Waals surface area contributed by atoms with Gasteiger partial charge < -0.3 is 11.1 Å². The van der Waals surface area contributed by atoms with Crippen molar-refractivity contribution in [2.45, 2.75) is 6.18 Å². The number of allylic oxidation sites excluding steroid dienone is 2. The smallest absolute Gasteiger partial charge is 0.405 e. The van der Waals surface area contributed by atoms with Gasteiger partial charge in [0.05, 0.1) is 17.0 Å². The highest BCUT2D eigenvalue weighted by molar-refractivity contribution is 6.70. The number of alkyl halides is 3. The van der Waals surface area contributed by atoms with E-state index in [1.807, 2.05) is 0 Å². The molecular weight excluding hydrogens is 369 g/mol. The summed E-state index contributed by atoms with van der Waals surface area (Å²) in [5.74, 6) is -0.688. The number of carbonyl (C=O) groups is 1. The number of nitrogens with one attached hydrogen (secondary N) is 2. The number of rotatable bonds is 7. The molecule has 0 bridgehead atoms. The maximum absolute atomic E-state index is 12.7. The summed E-state index contributed by atoms with van der Waals surface area (Å²) in [5, 5.41) is 10.6. The number of nitrogens with zero attached hydrogens (tertiary/aromatic N) is 1. The number of carbonyl (C=O) groups excluding carboxylic acids is 1. The first kappa shape index (κ1) is 20.6. The van der Waals surface area contributed by atoms with E-state index in [2.05, 4.69) is 10.3 Å². The maximum atomic E-state index is 12.7. The number of anilines is 1. The lowest BCUT2D eigenvalue weighted by Gasteiger charge is -2.08. The molecule has 2 rings (SSSR count). The molecule has 2 aromatic carbocycles. The Morgan fingerprint density at radius 3 is 2.43 bits per heavy atom. The van der Waals surface area contributed by atoms with Crippen molar-refractivity contribution in [1.82, 2.24) is 0 Å². The van der Waals surface area contributed by atoms with Crippen LogP contribution in [0.25, 0.3) is 0 Å². The molecule has 0 saturated heterocycles. The molecule has 0 aromatic heterocycles. The Hall–Kier alpha value is -3.68. The molecule has 0 aliphatic carbocycles. The summed E-state index contributed by atoms with van der Waals surface area (Å²) in [5.41, 5.74) is 4.89. The van der Waals surface area contributed by atoms with Gasteiger partial charge in [-0.1, -0.05) is 24.3 Å². The summed E-state index contributed by atoms with van der Waals surface area (Å²) < 4.78 is 38.1. The highest BCUT2D eigenvalue weighted by Gasteiger charge is 2.30. The van der Waals surface area contributed by atoms with Crippen molar-refractivity contribution < 1.29 is 18.0 Å². The Labute approximate surface area is 159 Å². The monoisotopic (exact) mass is 386 g/mol. The molecule has 0 aliphatic rings. The van der Waals surface area contributed by atoms with Gasteiger partial charge >= 0.3 is 6.18 Å². The molecule has 28 heavy (non-hydrogen) atoms. The van der Waals surface area contributed by atoms with Gasteiger partial charge in [-0.3, -0.25) is 10.2 Å². The molecule has 4 N–H and O–H groups in total. The second-order valence-electron chi connectivity index (χ2n) is 5.49. The van der Waals surface area contributed by atoms with Crippen molar-refractivity contribution in [3.05, 3.63) is 84.7 Å². The first-order valence-corrected chi connectivity index (χ1v) is 8.07. The van der Waals surface area contributed by atoms with Crippen molar-refractivity contribution in [3.8, 4) is 0 Å². The zero-order chi connectivity index (χ0) is 20.6. The summed E-state index contributed by atoms with van der Waals surface area (Å²) in [6.07, 6.45) is 0.221. The molecule has 8 heteroatoms. The van der Waals surface area contributed by atoms with Crippen LogP contribution in [0.2, 0.25) is 0 Å². The summed E-state index contributed by atoms with van der Waals surface area (Å²) in [6, 6.07) is 13.3. The second kappa shape index (κ2) is 9.31. The van der Waals surface area contributed by atoms with E-state index in [1.54, 1.807) is 30.3 Å². The van der Waals surface area contributed by atoms with E-state index >= 15 is 0 Å². The first-order valence-electron chi connectivity index (χ1n) is 8.07. The number of benzene rings is 2. The van der Waals surface area contributed by atoms with E-state index in [4.69, 9.17) is 11.1 Å². The molecule has 0 atom stereocenters. The van der Waals surface area contributed by atoms with Gasteiger partial charge in [0.15, 0.2) is 0 Å². The summed E-state index contributed by atoms with van der Waals surface area (Å²) in [7, 11) is 0. The third kappa shape index (κ3) is 5.94. The molecule has 0 aliphatic heterocycles. The zero-order valence-corrected chi connectivity index (χ0v) is 14.6. The predicted molar refractivity (Wildman–Crippen MR) is 104 cm³/mol. The first-order chi connectivity index (χ1) is 13.3. The number of hydrogen-bond donors (Lipinski definition) is 3. The van der Waals surface area contributed by atoms with E-state index in [1.165, 1.54) is 24.4 Å². The molecule has 0 amide bonds. The number of halogens is 3. The highest BCUT2D eigenvalue weighted by atomic mass is 19.4. The van der Waals surface area contributed by atoms with Crippen molar-refractivity contribution in [3.63, 3.8) is 0 Å². The van der Waals surface area contributed by atoms with Crippen LogP contribution < -0.4 is 11.1 Å². The SMILES string of the molecule is N=C(C(=O)/C=C\Nc1cccc(C(F)(F)F)c1)C(C=CN)=Nc1ccccc1. The van der Waals surface area contributed by atoms with Crippen LogP contribution in [-0.2, 0) is 11.0 Å². The lowest BCUT2D eigenvalue weighted by atomic mass is 10.1. The molecule has 0 fully saturated rings. The van der Waals surface area contributed by atoms with Gasteiger partial charge in [-0.15, -0.1) is 0 Å². The lowest BCUT2D eigenvalue weighted by molar-refractivity contribution is -0.137. The van der Waals surface area contributed by atoms with Gasteiger partial charge in [0, 0.05) is 18.0 Å². The standard InChI is InChI=1S/C20H17F3N4O/c21-20(22,23)14-5-4-8-16(13-14)26-12-10-18(28)19(25)17(9-11-24)27-15-6-2-1-3-7-15/h1-13,25-26H,24H2/b11-9?,12-10-,25-19?,27-17?. The van der Waals surface area contributed by atoms with E-state index in [9.17, 15) is 18.0 Å². The summed E-state index contributed by atoms with van der Waals surface area (Å²) in [4.78, 5) is 16.4.